The van der Waals surface area contributed by atoms with Crippen LogP contribution in [0.5, 0.6) is 0 Å². The molecule has 2 aliphatic rings. The molecule has 2 aliphatic heterocycles. The van der Waals surface area contributed by atoms with Gasteiger partial charge in [-0.1, -0.05) is 194 Å². The van der Waals surface area contributed by atoms with Crippen LogP contribution in [0.1, 0.15) is 239 Å². The maximum Gasteiger partial charge on any atom is 0.300 e. The minimum Gasteiger partial charge on any atom is -0.481 e. The summed E-state index contributed by atoms with van der Waals surface area (Å²) < 4.78 is 18.9. The van der Waals surface area contributed by atoms with Gasteiger partial charge in [0.25, 0.3) is 5.97 Å². The van der Waals surface area contributed by atoms with Gasteiger partial charge < -0.3 is 19.3 Å². The zero-order valence-electron chi connectivity index (χ0n) is 32.0. The first kappa shape index (κ1) is 44.4. The van der Waals surface area contributed by atoms with E-state index in [1.54, 1.807) is 0 Å². The number of rotatable bonds is 34. The van der Waals surface area contributed by atoms with Crippen LogP contribution < -0.4 is 0 Å². The van der Waals surface area contributed by atoms with E-state index in [1.807, 2.05) is 0 Å². The van der Waals surface area contributed by atoms with Crippen LogP contribution in [-0.2, 0) is 19.0 Å². The molecular weight excluding hydrogens is 584 g/mol. The van der Waals surface area contributed by atoms with Crippen LogP contribution in [0.15, 0.2) is 0 Å². The summed E-state index contributed by atoms with van der Waals surface area (Å²) in [6.45, 7) is 7.40. The molecule has 2 unspecified atom stereocenters. The number of ether oxygens (including phenoxy) is 3. The van der Waals surface area contributed by atoms with E-state index >= 15 is 0 Å². The Morgan fingerprint density at radius 2 is 0.660 bits per heavy atom. The Morgan fingerprint density at radius 1 is 0.468 bits per heavy atom. The second kappa shape index (κ2) is 31.3. The first-order valence-electron chi connectivity index (χ1n) is 21.2. The summed E-state index contributed by atoms with van der Waals surface area (Å²) in [7, 11) is 0. The smallest absolute Gasteiger partial charge is 0.300 e. The summed E-state index contributed by atoms with van der Waals surface area (Å²) in [4.78, 5) is 9.00. The topological polar surface area (TPSA) is 65.0 Å². The SMILES string of the molecule is CC(=O)O.CCCCCCCCCCCCCCCCCC1(OC2(CCCCCCCCCCCCCCCCC)CCO2)CCO1. The molecule has 5 nitrogen and oxygen atoms in total. The monoisotopic (exact) mass is 667 g/mol. The third kappa shape index (κ3) is 25.9. The Kier molecular flexibility index (Phi) is 29.6. The Labute approximate surface area is 293 Å². The molecule has 2 atom stereocenters. The van der Waals surface area contributed by atoms with Gasteiger partial charge in [-0.2, -0.15) is 0 Å². The molecule has 0 aromatic carbocycles. The van der Waals surface area contributed by atoms with Gasteiger partial charge in [0.15, 0.2) is 11.6 Å². The zero-order chi connectivity index (χ0) is 34.2. The predicted octanol–water partition coefficient (Wildman–Crippen LogP) is 13.9. The number of hydrogen-bond donors (Lipinski definition) is 1. The van der Waals surface area contributed by atoms with E-state index in [4.69, 9.17) is 24.1 Å². The summed E-state index contributed by atoms with van der Waals surface area (Å²) in [6, 6.07) is 0. The standard InChI is InChI=1S/C40H78O3.C2H4O2/c1-3-5-7-9-11-13-15-17-19-21-23-25-27-29-31-33-39(35-37-41-39)43-40(36-38-42-40)34-32-30-28-26-24-22-20-18-16-14-12-10-8-6-4-2;1-2(3)4/h3-38H2,1-2H3;1H3,(H,3,4). The molecule has 2 rings (SSSR count). The fourth-order valence-corrected chi connectivity index (χ4v) is 7.19. The highest BCUT2D eigenvalue weighted by atomic mass is 16.8. The molecule has 0 radical (unpaired) electrons. The normalized spacial score (nSPS) is 20.3. The second-order valence-electron chi connectivity index (χ2n) is 15.0. The predicted molar refractivity (Wildman–Crippen MR) is 200 cm³/mol. The van der Waals surface area contributed by atoms with Crippen LogP contribution in [0, 0.1) is 0 Å². The van der Waals surface area contributed by atoms with E-state index in [9.17, 15) is 0 Å². The van der Waals surface area contributed by atoms with E-state index in [0.717, 1.165) is 45.8 Å². The number of carboxylic acid groups (broad SMARTS) is 1. The molecule has 47 heavy (non-hydrogen) atoms. The van der Waals surface area contributed by atoms with Crippen LogP contribution in [-0.4, -0.2) is 35.9 Å². The van der Waals surface area contributed by atoms with Gasteiger partial charge in [0, 0.05) is 32.6 Å². The van der Waals surface area contributed by atoms with Crippen LogP contribution in [0.3, 0.4) is 0 Å². The van der Waals surface area contributed by atoms with Crippen molar-refractivity contribution in [3.05, 3.63) is 0 Å². The quantitative estimate of drug-likeness (QED) is 0.0692. The van der Waals surface area contributed by atoms with Crippen LogP contribution in [0.25, 0.3) is 0 Å². The molecule has 0 amide bonds. The fraction of sp³-hybridized carbons (Fsp3) is 0.976. The van der Waals surface area contributed by atoms with Crippen molar-refractivity contribution in [2.24, 2.45) is 0 Å². The summed E-state index contributed by atoms with van der Waals surface area (Å²) >= 11 is 0. The Bertz CT molecular complexity index is 618. The molecule has 5 heteroatoms. The molecule has 2 fully saturated rings. The first-order valence-corrected chi connectivity index (χ1v) is 21.2. The lowest BCUT2D eigenvalue weighted by atomic mass is 9.95. The van der Waals surface area contributed by atoms with E-state index < -0.39 is 5.97 Å². The van der Waals surface area contributed by atoms with Crippen molar-refractivity contribution in [3.8, 4) is 0 Å². The lowest BCUT2D eigenvalue weighted by molar-refractivity contribution is -0.432. The lowest BCUT2D eigenvalue weighted by Crippen LogP contribution is -2.57. The van der Waals surface area contributed by atoms with Crippen molar-refractivity contribution in [1.29, 1.82) is 0 Å². The van der Waals surface area contributed by atoms with Crippen LogP contribution >= 0.6 is 0 Å². The summed E-state index contributed by atoms with van der Waals surface area (Å²) in [5, 5.41) is 7.42. The third-order valence-electron chi connectivity index (χ3n) is 10.4. The molecule has 2 saturated heterocycles. The van der Waals surface area contributed by atoms with Crippen molar-refractivity contribution in [2.75, 3.05) is 13.2 Å². The Hall–Kier alpha value is -0.650. The Morgan fingerprint density at radius 3 is 0.830 bits per heavy atom. The highest BCUT2D eigenvalue weighted by molar-refractivity contribution is 5.62. The number of carboxylic acids is 1. The molecule has 0 bridgehead atoms. The molecule has 2 heterocycles. The minimum atomic E-state index is -0.833. The van der Waals surface area contributed by atoms with E-state index in [0.29, 0.717) is 0 Å². The highest BCUT2D eigenvalue weighted by Gasteiger charge is 2.50. The van der Waals surface area contributed by atoms with Crippen LogP contribution in [0.4, 0.5) is 0 Å². The molecule has 280 valence electrons. The van der Waals surface area contributed by atoms with Crippen molar-refractivity contribution in [1.82, 2.24) is 0 Å². The van der Waals surface area contributed by atoms with Crippen LogP contribution in [0.2, 0.25) is 0 Å². The third-order valence-corrected chi connectivity index (χ3v) is 10.4. The molecule has 0 aromatic rings. The van der Waals surface area contributed by atoms with E-state index in [2.05, 4.69) is 13.8 Å². The van der Waals surface area contributed by atoms with Gasteiger partial charge >= 0.3 is 0 Å². The van der Waals surface area contributed by atoms with Gasteiger partial charge in [-0.3, -0.25) is 4.79 Å². The van der Waals surface area contributed by atoms with E-state index in [1.165, 1.54) is 193 Å². The second-order valence-corrected chi connectivity index (χ2v) is 15.0. The zero-order valence-corrected chi connectivity index (χ0v) is 32.0. The molecule has 0 spiro atoms. The van der Waals surface area contributed by atoms with Gasteiger partial charge in [-0.15, -0.1) is 0 Å². The number of hydrogen-bond acceptors (Lipinski definition) is 4. The molecule has 1 N–H and O–H groups in total. The van der Waals surface area contributed by atoms with Gasteiger partial charge in [0.05, 0.1) is 13.2 Å². The minimum absolute atomic E-state index is 0.341. The summed E-state index contributed by atoms with van der Waals surface area (Å²) in [5.41, 5.74) is 0. The van der Waals surface area contributed by atoms with Crippen molar-refractivity contribution in [2.45, 2.75) is 251 Å². The summed E-state index contributed by atoms with van der Waals surface area (Å²) in [6.07, 6.45) is 46.5. The first-order chi connectivity index (χ1) is 23.0. The highest BCUT2D eigenvalue weighted by Crippen LogP contribution is 2.44. The van der Waals surface area contributed by atoms with Gasteiger partial charge in [0.2, 0.25) is 0 Å². The fourth-order valence-electron chi connectivity index (χ4n) is 7.19. The van der Waals surface area contributed by atoms with Gasteiger partial charge in [-0.25, -0.2) is 0 Å². The van der Waals surface area contributed by atoms with E-state index in [-0.39, 0.29) is 11.6 Å². The number of unbranched alkanes of at least 4 members (excludes halogenated alkanes) is 28. The lowest BCUT2D eigenvalue weighted by Gasteiger charge is -2.51. The molecular formula is C42H82O5. The van der Waals surface area contributed by atoms with Gasteiger partial charge in [0.1, 0.15) is 0 Å². The maximum absolute atomic E-state index is 9.00. The number of carbonyl (C=O) groups is 1. The Balaban J connectivity index is 0.00000260. The summed E-state index contributed by atoms with van der Waals surface area (Å²) in [5.74, 6) is -1.51. The maximum atomic E-state index is 9.00. The average Bonchev–Trinajstić information content (AvgIpc) is 3.01. The molecule has 0 aromatic heterocycles. The van der Waals surface area contributed by atoms with Crippen molar-refractivity contribution in [3.63, 3.8) is 0 Å². The van der Waals surface area contributed by atoms with Crippen molar-refractivity contribution < 1.29 is 24.1 Å². The van der Waals surface area contributed by atoms with Crippen molar-refractivity contribution >= 4 is 5.97 Å². The number of aliphatic carboxylic acids is 1. The van der Waals surface area contributed by atoms with Gasteiger partial charge in [-0.05, 0) is 12.8 Å². The molecule has 0 aliphatic carbocycles. The largest absolute Gasteiger partial charge is 0.481 e. The average molecular weight is 667 g/mol. The molecule has 0 saturated carbocycles.